The highest BCUT2D eigenvalue weighted by molar-refractivity contribution is 7.17. The minimum Gasteiger partial charge on any atom is -0.308 e. The fourth-order valence-electron chi connectivity index (χ4n) is 2.22. The molecule has 0 aliphatic rings. The molecule has 1 nitrogen and oxygen atoms in total. The summed E-state index contributed by atoms with van der Waals surface area (Å²) in [5.41, 5.74) is 1.66. The highest BCUT2D eigenvalue weighted by Crippen LogP contribution is 2.26. The third kappa shape index (κ3) is 3.08. The van der Waals surface area contributed by atoms with Gasteiger partial charge in [0.05, 0.1) is 0 Å². The summed E-state index contributed by atoms with van der Waals surface area (Å²) in [5, 5.41) is 7.34. The predicted molar refractivity (Wildman–Crippen MR) is 77.7 cm³/mol. The SMILES string of the molecule is CCCC(C)(C)NCc1csc2ccccc12. The normalized spacial score (nSPS) is 12.2. The summed E-state index contributed by atoms with van der Waals surface area (Å²) in [6, 6.07) is 8.64. The van der Waals surface area contributed by atoms with Gasteiger partial charge in [-0.2, -0.15) is 0 Å². The van der Waals surface area contributed by atoms with Crippen LogP contribution in [0, 0.1) is 0 Å². The summed E-state index contributed by atoms with van der Waals surface area (Å²) in [6.07, 6.45) is 2.44. The second kappa shape index (κ2) is 5.19. The first-order valence-corrected chi connectivity index (χ1v) is 7.20. The lowest BCUT2D eigenvalue weighted by Crippen LogP contribution is -2.38. The van der Waals surface area contributed by atoms with E-state index >= 15 is 0 Å². The van der Waals surface area contributed by atoms with Gasteiger partial charge < -0.3 is 5.32 Å². The molecular weight excluding hydrogens is 226 g/mol. The van der Waals surface area contributed by atoms with Crippen LogP contribution in [0.5, 0.6) is 0 Å². The maximum Gasteiger partial charge on any atom is 0.0346 e. The van der Waals surface area contributed by atoms with E-state index in [4.69, 9.17) is 0 Å². The quantitative estimate of drug-likeness (QED) is 0.816. The van der Waals surface area contributed by atoms with Crippen LogP contribution in [0.2, 0.25) is 0 Å². The van der Waals surface area contributed by atoms with Crippen molar-refractivity contribution in [3.63, 3.8) is 0 Å². The number of thiophene rings is 1. The third-order valence-electron chi connectivity index (χ3n) is 3.19. The summed E-state index contributed by atoms with van der Waals surface area (Å²) in [6.45, 7) is 7.77. The highest BCUT2D eigenvalue weighted by Gasteiger charge is 2.15. The monoisotopic (exact) mass is 247 g/mol. The lowest BCUT2D eigenvalue weighted by molar-refractivity contribution is 0.357. The van der Waals surface area contributed by atoms with Crippen LogP contribution < -0.4 is 5.32 Å². The first kappa shape index (κ1) is 12.6. The van der Waals surface area contributed by atoms with E-state index in [0.717, 1.165) is 6.54 Å². The Morgan fingerprint density at radius 2 is 2.00 bits per heavy atom. The van der Waals surface area contributed by atoms with Crippen LogP contribution in [-0.4, -0.2) is 5.54 Å². The minimum absolute atomic E-state index is 0.234. The van der Waals surface area contributed by atoms with Crippen LogP contribution in [0.1, 0.15) is 39.2 Å². The Balaban J connectivity index is 2.09. The lowest BCUT2D eigenvalue weighted by atomic mass is 9.98. The second-order valence-electron chi connectivity index (χ2n) is 5.24. The molecule has 2 heteroatoms. The zero-order valence-corrected chi connectivity index (χ0v) is 11.7. The van der Waals surface area contributed by atoms with E-state index in [-0.39, 0.29) is 5.54 Å². The Kier molecular flexibility index (Phi) is 3.85. The molecular formula is C15H21NS. The smallest absolute Gasteiger partial charge is 0.0346 e. The summed E-state index contributed by atoms with van der Waals surface area (Å²) < 4.78 is 1.39. The first-order chi connectivity index (χ1) is 8.12. The van der Waals surface area contributed by atoms with Crippen LogP contribution in [0.15, 0.2) is 29.6 Å². The Morgan fingerprint density at radius 1 is 1.24 bits per heavy atom. The van der Waals surface area contributed by atoms with E-state index < -0.39 is 0 Å². The molecule has 0 bridgehead atoms. The number of hydrogen-bond donors (Lipinski definition) is 1. The molecule has 1 heterocycles. The molecule has 0 unspecified atom stereocenters. The van der Waals surface area contributed by atoms with Gasteiger partial charge in [-0.3, -0.25) is 0 Å². The number of hydrogen-bond acceptors (Lipinski definition) is 2. The summed E-state index contributed by atoms with van der Waals surface area (Å²) in [5.74, 6) is 0. The zero-order valence-electron chi connectivity index (χ0n) is 10.9. The zero-order chi connectivity index (χ0) is 12.3. The largest absolute Gasteiger partial charge is 0.308 e. The maximum absolute atomic E-state index is 3.66. The van der Waals surface area contributed by atoms with E-state index in [1.165, 1.54) is 28.5 Å². The van der Waals surface area contributed by atoms with Gasteiger partial charge in [-0.05, 0) is 42.7 Å². The summed E-state index contributed by atoms with van der Waals surface area (Å²) in [4.78, 5) is 0. The predicted octanol–water partition coefficient (Wildman–Crippen LogP) is 4.57. The molecule has 2 rings (SSSR count). The number of fused-ring (bicyclic) bond motifs is 1. The van der Waals surface area contributed by atoms with Crippen LogP contribution >= 0.6 is 11.3 Å². The van der Waals surface area contributed by atoms with E-state index in [1.807, 2.05) is 11.3 Å². The topological polar surface area (TPSA) is 12.0 Å². The molecule has 0 amide bonds. The molecule has 0 aliphatic heterocycles. The molecule has 0 aliphatic carbocycles. The average molecular weight is 247 g/mol. The van der Waals surface area contributed by atoms with Gasteiger partial charge in [-0.15, -0.1) is 11.3 Å². The van der Waals surface area contributed by atoms with Crippen LogP contribution in [0.3, 0.4) is 0 Å². The molecule has 92 valence electrons. The molecule has 0 fully saturated rings. The van der Waals surface area contributed by atoms with E-state index in [2.05, 4.69) is 55.7 Å². The van der Waals surface area contributed by atoms with Gasteiger partial charge in [0, 0.05) is 16.8 Å². The first-order valence-electron chi connectivity index (χ1n) is 6.32. The van der Waals surface area contributed by atoms with Gasteiger partial charge in [0.15, 0.2) is 0 Å². The fourth-order valence-corrected chi connectivity index (χ4v) is 3.18. The van der Waals surface area contributed by atoms with Crippen molar-refractivity contribution in [1.82, 2.24) is 5.32 Å². The van der Waals surface area contributed by atoms with Crippen molar-refractivity contribution in [2.45, 2.75) is 45.7 Å². The number of rotatable bonds is 5. The van der Waals surface area contributed by atoms with Crippen molar-refractivity contribution in [2.24, 2.45) is 0 Å². The van der Waals surface area contributed by atoms with Crippen LogP contribution in [-0.2, 0) is 6.54 Å². The maximum atomic E-state index is 3.66. The van der Waals surface area contributed by atoms with Gasteiger partial charge in [0.25, 0.3) is 0 Å². The van der Waals surface area contributed by atoms with E-state index in [9.17, 15) is 0 Å². The van der Waals surface area contributed by atoms with Gasteiger partial charge in [0.1, 0.15) is 0 Å². The van der Waals surface area contributed by atoms with E-state index in [0.29, 0.717) is 0 Å². The molecule has 0 atom stereocenters. The molecule has 1 aromatic carbocycles. The van der Waals surface area contributed by atoms with Gasteiger partial charge in [0.2, 0.25) is 0 Å². The Morgan fingerprint density at radius 3 is 2.76 bits per heavy atom. The van der Waals surface area contributed by atoms with Crippen molar-refractivity contribution in [1.29, 1.82) is 0 Å². The molecule has 0 saturated heterocycles. The second-order valence-corrected chi connectivity index (χ2v) is 6.16. The molecule has 2 aromatic rings. The number of nitrogens with one attached hydrogen (secondary N) is 1. The van der Waals surface area contributed by atoms with E-state index in [1.54, 1.807) is 0 Å². The van der Waals surface area contributed by atoms with Gasteiger partial charge in [-0.25, -0.2) is 0 Å². The molecule has 0 saturated carbocycles. The summed E-state index contributed by atoms with van der Waals surface area (Å²) >= 11 is 1.84. The van der Waals surface area contributed by atoms with Crippen molar-refractivity contribution in [3.05, 3.63) is 35.2 Å². The van der Waals surface area contributed by atoms with Crippen molar-refractivity contribution in [3.8, 4) is 0 Å². The molecule has 0 spiro atoms. The molecule has 17 heavy (non-hydrogen) atoms. The van der Waals surface area contributed by atoms with Crippen molar-refractivity contribution >= 4 is 21.4 Å². The Labute approximate surface area is 108 Å². The molecule has 1 aromatic heterocycles. The van der Waals surface area contributed by atoms with Crippen LogP contribution in [0.25, 0.3) is 10.1 Å². The number of benzene rings is 1. The van der Waals surface area contributed by atoms with Crippen LogP contribution in [0.4, 0.5) is 0 Å². The Bertz CT molecular complexity index is 484. The standard InChI is InChI=1S/C15H21NS/c1-4-9-15(2,3)16-10-12-11-17-14-8-6-5-7-13(12)14/h5-8,11,16H,4,9-10H2,1-3H3. The minimum atomic E-state index is 0.234. The molecule has 0 radical (unpaired) electrons. The van der Waals surface area contributed by atoms with Gasteiger partial charge >= 0.3 is 0 Å². The lowest BCUT2D eigenvalue weighted by Gasteiger charge is -2.25. The van der Waals surface area contributed by atoms with Gasteiger partial charge in [-0.1, -0.05) is 31.5 Å². The molecule has 1 N–H and O–H groups in total. The Hall–Kier alpha value is -0.860. The third-order valence-corrected chi connectivity index (χ3v) is 4.21. The van der Waals surface area contributed by atoms with Crippen molar-refractivity contribution < 1.29 is 0 Å². The highest BCUT2D eigenvalue weighted by atomic mass is 32.1. The summed E-state index contributed by atoms with van der Waals surface area (Å²) in [7, 11) is 0. The fraction of sp³-hybridized carbons (Fsp3) is 0.467. The average Bonchev–Trinajstić information content (AvgIpc) is 2.70. The van der Waals surface area contributed by atoms with Crippen molar-refractivity contribution in [2.75, 3.05) is 0 Å².